The van der Waals surface area contributed by atoms with Crippen molar-refractivity contribution in [1.82, 2.24) is 0 Å². The highest BCUT2D eigenvalue weighted by atomic mass is 16.5. The molecule has 0 unspecified atom stereocenters. The van der Waals surface area contributed by atoms with Crippen LogP contribution in [-0.2, 0) is 10.3 Å². The third-order valence-corrected chi connectivity index (χ3v) is 4.35. The van der Waals surface area contributed by atoms with E-state index in [1.54, 1.807) is 14.2 Å². The zero-order chi connectivity index (χ0) is 17.0. The number of rotatable bonds is 6. The van der Waals surface area contributed by atoms with Gasteiger partial charge in [-0.15, -0.1) is 0 Å². The van der Waals surface area contributed by atoms with Gasteiger partial charge in [0, 0.05) is 17.5 Å². The number of hydrogen-bond acceptors (Lipinski definition) is 4. The molecule has 4 nitrogen and oxygen atoms in total. The minimum absolute atomic E-state index is 0.580. The minimum atomic E-state index is -0.580. The number of benzene rings is 2. The molecule has 0 bridgehead atoms. The van der Waals surface area contributed by atoms with Crippen molar-refractivity contribution in [2.75, 3.05) is 20.8 Å². The Labute approximate surface area is 143 Å². The van der Waals surface area contributed by atoms with Crippen LogP contribution in [0.25, 0.3) is 0 Å². The maximum atomic E-state index is 6.38. The first-order chi connectivity index (χ1) is 11.7. The van der Waals surface area contributed by atoms with Gasteiger partial charge < -0.3 is 14.2 Å². The van der Waals surface area contributed by atoms with Gasteiger partial charge in [0.25, 0.3) is 0 Å². The molecule has 1 aliphatic heterocycles. The molecule has 2 aromatic carbocycles. The number of aliphatic imine (C=N–C) groups is 1. The van der Waals surface area contributed by atoms with Crippen molar-refractivity contribution in [3.63, 3.8) is 0 Å². The molecule has 0 radical (unpaired) electrons. The summed E-state index contributed by atoms with van der Waals surface area (Å²) < 4.78 is 16.9. The van der Waals surface area contributed by atoms with Crippen molar-refractivity contribution in [2.24, 2.45) is 4.99 Å². The van der Waals surface area contributed by atoms with E-state index in [4.69, 9.17) is 14.2 Å². The van der Waals surface area contributed by atoms with Crippen molar-refractivity contribution in [3.8, 4) is 11.5 Å². The van der Waals surface area contributed by atoms with Gasteiger partial charge in [0.2, 0.25) is 0 Å². The largest absolute Gasteiger partial charge is 0.497 e. The van der Waals surface area contributed by atoms with Gasteiger partial charge in [-0.1, -0.05) is 31.2 Å². The molecule has 24 heavy (non-hydrogen) atoms. The van der Waals surface area contributed by atoms with E-state index in [9.17, 15) is 0 Å². The number of ether oxygens (including phenoxy) is 3. The summed E-state index contributed by atoms with van der Waals surface area (Å²) in [6.07, 6.45) is 1.87. The van der Waals surface area contributed by atoms with Crippen LogP contribution < -0.4 is 9.47 Å². The smallest absolute Gasteiger partial charge is 0.185 e. The van der Waals surface area contributed by atoms with Gasteiger partial charge in [-0.05, 0) is 30.7 Å². The summed E-state index contributed by atoms with van der Waals surface area (Å²) in [6, 6.07) is 16.0. The summed E-state index contributed by atoms with van der Waals surface area (Å²) in [7, 11) is 3.34. The quantitative estimate of drug-likeness (QED) is 0.800. The van der Waals surface area contributed by atoms with Crippen LogP contribution in [0.15, 0.2) is 53.5 Å². The Morgan fingerprint density at radius 3 is 1.83 bits per heavy atom. The number of methoxy groups -OCH3 is 2. The summed E-state index contributed by atoms with van der Waals surface area (Å²) in [5, 5.41) is 0. The van der Waals surface area contributed by atoms with Gasteiger partial charge in [-0.25, -0.2) is 0 Å². The van der Waals surface area contributed by atoms with Gasteiger partial charge in [-0.3, -0.25) is 4.99 Å². The zero-order valence-electron chi connectivity index (χ0n) is 14.4. The molecule has 0 amide bonds. The Hall–Kier alpha value is -2.49. The summed E-state index contributed by atoms with van der Waals surface area (Å²) in [6.45, 7) is 2.72. The van der Waals surface area contributed by atoms with Crippen LogP contribution in [0.4, 0.5) is 0 Å². The Morgan fingerprint density at radius 1 is 0.917 bits per heavy atom. The van der Waals surface area contributed by atoms with E-state index in [-0.39, 0.29) is 0 Å². The molecule has 0 aliphatic carbocycles. The van der Waals surface area contributed by atoms with E-state index in [0.717, 1.165) is 41.4 Å². The van der Waals surface area contributed by atoms with E-state index < -0.39 is 5.60 Å². The standard InChI is InChI=1S/C20H23NO3/c1-4-5-19-21-14-20(24-19,15-6-10-17(22-2)11-7-15)16-8-12-18(23-3)13-9-16/h6-13H,4-5,14H2,1-3H3. The molecule has 2 aromatic rings. The molecule has 3 rings (SSSR count). The second-order valence-electron chi connectivity index (χ2n) is 5.85. The molecule has 0 N–H and O–H groups in total. The van der Waals surface area contributed by atoms with Crippen LogP contribution in [0, 0.1) is 0 Å². The van der Waals surface area contributed by atoms with E-state index in [2.05, 4.69) is 11.9 Å². The highest BCUT2D eigenvalue weighted by molar-refractivity contribution is 5.79. The molecule has 0 atom stereocenters. The van der Waals surface area contributed by atoms with Crippen LogP contribution >= 0.6 is 0 Å². The van der Waals surface area contributed by atoms with Crippen LogP contribution in [0.2, 0.25) is 0 Å². The summed E-state index contributed by atoms with van der Waals surface area (Å²) in [4.78, 5) is 4.65. The predicted molar refractivity (Wildman–Crippen MR) is 95.1 cm³/mol. The van der Waals surface area contributed by atoms with E-state index in [0.29, 0.717) is 6.54 Å². The van der Waals surface area contributed by atoms with E-state index >= 15 is 0 Å². The minimum Gasteiger partial charge on any atom is -0.497 e. The van der Waals surface area contributed by atoms with Gasteiger partial charge >= 0.3 is 0 Å². The molecule has 1 aliphatic rings. The zero-order valence-corrected chi connectivity index (χ0v) is 14.4. The van der Waals surface area contributed by atoms with Gasteiger partial charge in [0.1, 0.15) is 11.5 Å². The topological polar surface area (TPSA) is 40.0 Å². The molecule has 0 aromatic heterocycles. The summed E-state index contributed by atoms with van der Waals surface area (Å²) >= 11 is 0. The molecule has 0 saturated carbocycles. The lowest BCUT2D eigenvalue weighted by Crippen LogP contribution is -2.31. The second-order valence-corrected chi connectivity index (χ2v) is 5.85. The fourth-order valence-electron chi connectivity index (χ4n) is 3.00. The maximum absolute atomic E-state index is 6.38. The Kier molecular flexibility index (Phi) is 4.74. The summed E-state index contributed by atoms with van der Waals surface area (Å²) in [5.41, 5.74) is 1.56. The lowest BCUT2D eigenvalue weighted by atomic mass is 9.86. The first kappa shape index (κ1) is 16.4. The van der Waals surface area contributed by atoms with Crippen LogP contribution in [0.3, 0.4) is 0 Å². The lowest BCUT2D eigenvalue weighted by Gasteiger charge is -2.30. The summed E-state index contributed by atoms with van der Waals surface area (Å²) in [5.74, 6) is 2.48. The molecule has 0 saturated heterocycles. The molecular weight excluding hydrogens is 302 g/mol. The third-order valence-electron chi connectivity index (χ3n) is 4.35. The number of hydrogen-bond donors (Lipinski definition) is 0. The first-order valence-corrected chi connectivity index (χ1v) is 8.23. The highest BCUT2D eigenvalue weighted by Crippen LogP contribution is 2.39. The third kappa shape index (κ3) is 2.96. The van der Waals surface area contributed by atoms with E-state index in [1.165, 1.54) is 0 Å². The van der Waals surface area contributed by atoms with Crippen LogP contribution in [0.1, 0.15) is 30.9 Å². The molecule has 0 spiro atoms. The molecule has 1 heterocycles. The Balaban J connectivity index is 2.00. The first-order valence-electron chi connectivity index (χ1n) is 8.23. The SMILES string of the molecule is CCCC1=NCC(c2ccc(OC)cc2)(c2ccc(OC)cc2)O1. The van der Waals surface area contributed by atoms with E-state index in [1.807, 2.05) is 48.5 Å². The monoisotopic (exact) mass is 325 g/mol. The van der Waals surface area contributed by atoms with Crippen molar-refractivity contribution in [1.29, 1.82) is 0 Å². The predicted octanol–water partition coefficient (Wildman–Crippen LogP) is 4.18. The van der Waals surface area contributed by atoms with Crippen molar-refractivity contribution < 1.29 is 14.2 Å². The van der Waals surface area contributed by atoms with Crippen molar-refractivity contribution in [3.05, 3.63) is 59.7 Å². The lowest BCUT2D eigenvalue weighted by molar-refractivity contribution is 0.128. The second kappa shape index (κ2) is 6.95. The molecule has 4 heteroatoms. The Bertz CT molecular complexity index is 657. The molecule has 0 fully saturated rings. The molecular formula is C20H23NO3. The molecule has 126 valence electrons. The van der Waals surface area contributed by atoms with Crippen LogP contribution in [0.5, 0.6) is 11.5 Å². The number of nitrogens with zero attached hydrogens (tertiary/aromatic N) is 1. The van der Waals surface area contributed by atoms with Crippen molar-refractivity contribution in [2.45, 2.75) is 25.4 Å². The maximum Gasteiger partial charge on any atom is 0.185 e. The van der Waals surface area contributed by atoms with Gasteiger partial charge in [0.15, 0.2) is 11.5 Å². The fraction of sp³-hybridized carbons (Fsp3) is 0.350. The van der Waals surface area contributed by atoms with Gasteiger partial charge in [0.05, 0.1) is 20.8 Å². The fourth-order valence-corrected chi connectivity index (χ4v) is 3.00. The average molecular weight is 325 g/mol. The van der Waals surface area contributed by atoms with Gasteiger partial charge in [-0.2, -0.15) is 0 Å². The average Bonchev–Trinajstić information content (AvgIpc) is 3.07. The normalized spacial score (nSPS) is 15.5. The van der Waals surface area contributed by atoms with Crippen LogP contribution in [-0.4, -0.2) is 26.7 Å². The van der Waals surface area contributed by atoms with Crippen molar-refractivity contribution >= 4 is 5.90 Å². The highest BCUT2D eigenvalue weighted by Gasteiger charge is 2.41. The Morgan fingerprint density at radius 2 is 1.42 bits per heavy atom.